The Kier molecular flexibility index (Phi) is 4.89. The second-order valence-corrected chi connectivity index (χ2v) is 6.72. The lowest BCUT2D eigenvalue weighted by molar-refractivity contribution is 0.102. The number of aromatic nitrogens is 4. The Morgan fingerprint density at radius 2 is 1.71 bits per heavy atom. The first-order chi connectivity index (χ1) is 13.7. The number of hydrogen-bond donors (Lipinski definition) is 2. The molecule has 8 nitrogen and oxygen atoms in total. The Hall–Kier alpha value is -3.85. The first kappa shape index (κ1) is 17.6. The molecular weight excluding hydrogens is 376 g/mol. The summed E-state index contributed by atoms with van der Waals surface area (Å²) in [5, 5.41) is 18.5. The van der Waals surface area contributed by atoms with Crippen molar-refractivity contribution in [2.75, 3.05) is 10.6 Å². The fourth-order valence-electron chi connectivity index (χ4n) is 2.51. The number of carbonyl (C=O) groups is 2. The van der Waals surface area contributed by atoms with Crippen LogP contribution in [-0.2, 0) is 0 Å². The Morgan fingerprint density at radius 3 is 2.43 bits per heavy atom. The Labute approximate surface area is 163 Å². The summed E-state index contributed by atoms with van der Waals surface area (Å²) < 4.78 is 1.50. The van der Waals surface area contributed by atoms with E-state index in [1.54, 1.807) is 48.5 Å². The average molecular weight is 390 g/mol. The lowest BCUT2D eigenvalue weighted by Gasteiger charge is -2.08. The number of amides is 2. The number of benzene rings is 2. The maximum Gasteiger partial charge on any atom is 0.265 e. The molecule has 2 N–H and O–H groups in total. The van der Waals surface area contributed by atoms with Gasteiger partial charge in [0.2, 0.25) is 0 Å². The van der Waals surface area contributed by atoms with E-state index in [1.807, 2.05) is 17.5 Å². The summed E-state index contributed by atoms with van der Waals surface area (Å²) in [6.07, 6.45) is 1.48. The summed E-state index contributed by atoms with van der Waals surface area (Å²) in [6.45, 7) is 0. The Morgan fingerprint density at radius 1 is 0.893 bits per heavy atom. The van der Waals surface area contributed by atoms with Crippen molar-refractivity contribution in [1.29, 1.82) is 0 Å². The van der Waals surface area contributed by atoms with Crippen LogP contribution in [0.15, 0.2) is 72.4 Å². The molecule has 2 aromatic carbocycles. The third kappa shape index (κ3) is 3.94. The fourth-order valence-corrected chi connectivity index (χ4v) is 3.13. The minimum atomic E-state index is -0.259. The van der Waals surface area contributed by atoms with E-state index in [2.05, 4.69) is 26.2 Å². The number of thiophene rings is 1. The van der Waals surface area contributed by atoms with E-state index in [0.717, 1.165) is 5.69 Å². The van der Waals surface area contributed by atoms with E-state index in [1.165, 1.54) is 22.3 Å². The molecule has 4 rings (SSSR count). The average Bonchev–Trinajstić information content (AvgIpc) is 3.43. The van der Waals surface area contributed by atoms with Crippen molar-refractivity contribution >= 4 is 34.5 Å². The number of tetrazole rings is 1. The van der Waals surface area contributed by atoms with Gasteiger partial charge in [0.25, 0.3) is 11.8 Å². The molecule has 2 amide bonds. The highest BCUT2D eigenvalue weighted by molar-refractivity contribution is 7.12. The van der Waals surface area contributed by atoms with Gasteiger partial charge in [0.15, 0.2) is 0 Å². The fraction of sp³-hybridized carbons (Fsp3) is 0. The zero-order chi connectivity index (χ0) is 19.3. The van der Waals surface area contributed by atoms with Gasteiger partial charge in [-0.3, -0.25) is 9.59 Å². The van der Waals surface area contributed by atoms with Crippen LogP contribution in [0.4, 0.5) is 11.4 Å². The molecule has 28 heavy (non-hydrogen) atoms. The molecule has 4 aromatic rings. The number of rotatable bonds is 5. The lowest BCUT2D eigenvalue weighted by Crippen LogP contribution is -2.13. The van der Waals surface area contributed by atoms with Crippen LogP contribution in [0.1, 0.15) is 20.0 Å². The van der Waals surface area contributed by atoms with Gasteiger partial charge in [0.05, 0.1) is 10.6 Å². The predicted molar refractivity (Wildman–Crippen MR) is 106 cm³/mol. The summed E-state index contributed by atoms with van der Waals surface area (Å²) >= 11 is 1.37. The van der Waals surface area contributed by atoms with Crippen LogP contribution >= 0.6 is 11.3 Å². The summed E-state index contributed by atoms with van der Waals surface area (Å²) in [7, 11) is 0. The highest BCUT2D eigenvalue weighted by Gasteiger charge is 2.10. The molecule has 0 saturated carbocycles. The van der Waals surface area contributed by atoms with Gasteiger partial charge in [-0.1, -0.05) is 12.1 Å². The van der Waals surface area contributed by atoms with E-state index in [-0.39, 0.29) is 11.8 Å². The largest absolute Gasteiger partial charge is 0.322 e. The molecule has 0 saturated heterocycles. The third-order valence-corrected chi connectivity index (χ3v) is 4.74. The Balaban J connectivity index is 1.43. The SMILES string of the molecule is O=C(Nc1cccc(-n2cnnn2)c1)c1ccc(NC(=O)c2cccs2)cc1. The number of hydrogen-bond acceptors (Lipinski definition) is 6. The van der Waals surface area contributed by atoms with Crippen LogP contribution in [0.25, 0.3) is 5.69 Å². The molecule has 0 aliphatic rings. The molecule has 2 heterocycles. The van der Waals surface area contributed by atoms with E-state index in [4.69, 9.17) is 0 Å². The second kappa shape index (κ2) is 7.80. The van der Waals surface area contributed by atoms with E-state index >= 15 is 0 Å². The molecule has 0 radical (unpaired) electrons. The van der Waals surface area contributed by atoms with Gasteiger partial charge >= 0.3 is 0 Å². The molecule has 0 spiro atoms. The van der Waals surface area contributed by atoms with Crippen molar-refractivity contribution in [1.82, 2.24) is 20.2 Å². The molecule has 0 atom stereocenters. The van der Waals surface area contributed by atoms with Crippen LogP contribution in [0.2, 0.25) is 0 Å². The van der Waals surface area contributed by atoms with Gasteiger partial charge in [-0.15, -0.1) is 16.4 Å². The van der Waals surface area contributed by atoms with Gasteiger partial charge in [-0.2, -0.15) is 0 Å². The quantitative estimate of drug-likeness (QED) is 0.545. The van der Waals surface area contributed by atoms with Crippen LogP contribution in [0, 0.1) is 0 Å². The van der Waals surface area contributed by atoms with E-state index in [9.17, 15) is 9.59 Å². The number of nitrogens with zero attached hydrogens (tertiary/aromatic N) is 4. The number of carbonyl (C=O) groups excluding carboxylic acids is 2. The zero-order valence-corrected chi connectivity index (χ0v) is 15.3. The smallest absolute Gasteiger partial charge is 0.265 e. The summed E-state index contributed by atoms with van der Waals surface area (Å²) in [5.41, 5.74) is 2.44. The molecular formula is C19H14N6O2S. The van der Waals surface area contributed by atoms with Crippen molar-refractivity contribution < 1.29 is 9.59 Å². The molecule has 0 bridgehead atoms. The maximum atomic E-state index is 12.5. The van der Waals surface area contributed by atoms with Crippen LogP contribution in [0.5, 0.6) is 0 Å². The molecule has 0 unspecified atom stereocenters. The monoisotopic (exact) mass is 390 g/mol. The Bertz CT molecular complexity index is 1090. The first-order valence-corrected chi connectivity index (χ1v) is 9.17. The van der Waals surface area contributed by atoms with Gasteiger partial charge in [-0.05, 0) is 64.3 Å². The highest BCUT2D eigenvalue weighted by atomic mass is 32.1. The van der Waals surface area contributed by atoms with Crippen LogP contribution < -0.4 is 10.6 Å². The summed E-state index contributed by atoms with van der Waals surface area (Å²) in [5.74, 6) is -0.434. The minimum absolute atomic E-state index is 0.174. The zero-order valence-electron chi connectivity index (χ0n) is 14.4. The van der Waals surface area contributed by atoms with Gasteiger partial charge < -0.3 is 10.6 Å². The second-order valence-electron chi connectivity index (χ2n) is 5.77. The van der Waals surface area contributed by atoms with E-state index < -0.39 is 0 Å². The minimum Gasteiger partial charge on any atom is -0.322 e. The normalized spacial score (nSPS) is 10.4. The third-order valence-electron chi connectivity index (χ3n) is 3.87. The molecule has 0 fully saturated rings. The summed E-state index contributed by atoms with van der Waals surface area (Å²) in [4.78, 5) is 25.2. The molecule has 2 aromatic heterocycles. The molecule has 0 aliphatic carbocycles. The predicted octanol–water partition coefficient (Wildman–Crippen LogP) is 3.23. The van der Waals surface area contributed by atoms with Gasteiger partial charge in [0, 0.05) is 16.9 Å². The first-order valence-electron chi connectivity index (χ1n) is 8.29. The summed E-state index contributed by atoms with van der Waals surface area (Å²) in [6, 6.07) is 17.5. The van der Waals surface area contributed by atoms with Crippen molar-refractivity contribution in [3.63, 3.8) is 0 Å². The van der Waals surface area contributed by atoms with Crippen molar-refractivity contribution in [2.45, 2.75) is 0 Å². The number of nitrogens with one attached hydrogen (secondary N) is 2. The maximum absolute atomic E-state index is 12.5. The highest BCUT2D eigenvalue weighted by Crippen LogP contribution is 2.17. The van der Waals surface area contributed by atoms with Gasteiger partial charge in [-0.25, -0.2) is 4.68 Å². The van der Waals surface area contributed by atoms with E-state index in [0.29, 0.717) is 21.8 Å². The topological polar surface area (TPSA) is 102 Å². The van der Waals surface area contributed by atoms with Crippen LogP contribution in [0.3, 0.4) is 0 Å². The molecule has 9 heteroatoms. The van der Waals surface area contributed by atoms with Gasteiger partial charge in [0.1, 0.15) is 6.33 Å². The number of anilines is 2. The van der Waals surface area contributed by atoms with Crippen molar-refractivity contribution in [3.05, 3.63) is 82.8 Å². The van der Waals surface area contributed by atoms with Crippen LogP contribution in [-0.4, -0.2) is 32.0 Å². The lowest BCUT2D eigenvalue weighted by atomic mass is 10.2. The molecule has 138 valence electrons. The van der Waals surface area contributed by atoms with Crippen molar-refractivity contribution in [3.8, 4) is 5.69 Å². The molecule has 0 aliphatic heterocycles. The standard InChI is InChI=1S/C19H14N6O2S/c26-18(22-15-3-1-4-16(11-15)25-12-20-23-24-25)13-6-8-14(9-7-13)21-19(27)17-5-2-10-28-17/h1-12H,(H,21,27)(H,22,26). The van der Waals surface area contributed by atoms with Crippen molar-refractivity contribution in [2.24, 2.45) is 0 Å².